The van der Waals surface area contributed by atoms with E-state index in [-0.39, 0.29) is 10.8 Å². The van der Waals surface area contributed by atoms with Crippen molar-refractivity contribution >= 4 is 27.4 Å². The van der Waals surface area contributed by atoms with Crippen LogP contribution in [-0.4, -0.2) is 52.7 Å². The number of hydrogen-bond donors (Lipinski definition) is 1. The molecule has 9 heteroatoms. The quantitative estimate of drug-likeness (QED) is 0.576. The number of hydrogen-bond acceptors (Lipinski definition) is 6. The van der Waals surface area contributed by atoms with Crippen molar-refractivity contribution in [1.82, 2.24) is 10.3 Å². The molecule has 1 saturated heterocycles. The number of rotatable bonds is 7. The number of carbonyl (C=O) groups excluding carboxylic acids is 1. The molecule has 0 bridgehead atoms. The summed E-state index contributed by atoms with van der Waals surface area (Å²) in [6, 6.07) is 18.6. The van der Waals surface area contributed by atoms with E-state index < -0.39 is 10.0 Å². The lowest BCUT2D eigenvalue weighted by Crippen LogP contribution is -2.36. The average molecular weight is 467 g/mol. The maximum atomic E-state index is 12.9. The van der Waals surface area contributed by atoms with E-state index in [2.05, 4.69) is 15.2 Å². The first kappa shape index (κ1) is 22.8. The standard InChI is InChI=1S/C24H26N4O4S/c1-27(21-5-3-2-4-6-21)33(30,31)22-10-8-20(9-11-22)24(29)26-18-19-7-12-23(25-17-19)28-13-15-32-16-14-28/h2-12,17H,13-16,18H2,1H3,(H,26,29). The first-order valence-corrected chi connectivity index (χ1v) is 12.1. The highest BCUT2D eigenvalue weighted by molar-refractivity contribution is 7.92. The number of aromatic nitrogens is 1. The van der Waals surface area contributed by atoms with Crippen molar-refractivity contribution in [1.29, 1.82) is 0 Å². The minimum atomic E-state index is -3.72. The number of pyridine rings is 1. The summed E-state index contributed by atoms with van der Waals surface area (Å²) in [6.45, 7) is 3.35. The topological polar surface area (TPSA) is 91.8 Å². The summed E-state index contributed by atoms with van der Waals surface area (Å²) < 4.78 is 32.3. The first-order valence-electron chi connectivity index (χ1n) is 10.6. The van der Waals surface area contributed by atoms with Gasteiger partial charge in [-0.25, -0.2) is 13.4 Å². The molecule has 2 aromatic carbocycles. The van der Waals surface area contributed by atoms with Gasteiger partial charge in [-0.2, -0.15) is 0 Å². The summed E-state index contributed by atoms with van der Waals surface area (Å²) in [5.41, 5.74) is 1.82. The number of sulfonamides is 1. The van der Waals surface area contributed by atoms with Crippen LogP contribution in [0.15, 0.2) is 77.8 Å². The number of nitrogens with zero attached hydrogens (tertiary/aromatic N) is 3. The minimum Gasteiger partial charge on any atom is -0.378 e. The van der Waals surface area contributed by atoms with Gasteiger partial charge in [0.15, 0.2) is 0 Å². The van der Waals surface area contributed by atoms with Crippen LogP contribution in [0.25, 0.3) is 0 Å². The van der Waals surface area contributed by atoms with Crippen molar-refractivity contribution in [3.8, 4) is 0 Å². The number of anilines is 2. The second-order valence-electron chi connectivity index (χ2n) is 7.64. The van der Waals surface area contributed by atoms with Crippen molar-refractivity contribution in [2.24, 2.45) is 0 Å². The van der Waals surface area contributed by atoms with Crippen LogP contribution in [0.2, 0.25) is 0 Å². The third-order valence-corrected chi connectivity index (χ3v) is 7.29. The molecule has 0 radical (unpaired) electrons. The lowest BCUT2D eigenvalue weighted by Gasteiger charge is -2.27. The van der Waals surface area contributed by atoms with Crippen molar-refractivity contribution < 1.29 is 17.9 Å². The number of morpholine rings is 1. The van der Waals surface area contributed by atoms with Gasteiger partial charge < -0.3 is 15.0 Å². The van der Waals surface area contributed by atoms with Crippen LogP contribution in [0, 0.1) is 0 Å². The molecule has 1 fully saturated rings. The lowest BCUT2D eigenvalue weighted by molar-refractivity contribution is 0.0950. The molecule has 4 rings (SSSR count). The van der Waals surface area contributed by atoms with Gasteiger partial charge >= 0.3 is 0 Å². The van der Waals surface area contributed by atoms with E-state index in [4.69, 9.17) is 4.74 Å². The Morgan fingerprint density at radius 2 is 1.73 bits per heavy atom. The number of para-hydroxylation sites is 1. The van der Waals surface area contributed by atoms with Crippen molar-refractivity contribution in [3.63, 3.8) is 0 Å². The molecule has 1 aliphatic heterocycles. The summed E-state index contributed by atoms with van der Waals surface area (Å²) in [4.78, 5) is 19.3. The van der Waals surface area contributed by atoms with E-state index in [1.165, 1.54) is 35.6 Å². The number of nitrogens with one attached hydrogen (secondary N) is 1. The first-order chi connectivity index (χ1) is 15.9. The van der Waals surface area contributed by atoms with E-state index in [9.17, 15) is 13.2 Å². The zero-order chi connectivity index (χ0) is 23.3. The highest BCUT2D eigenvalue weighted by Gasteiger charge is 2.21. The Morgan fingerprint density at radius 3 is 2.36 bits per heavy atom. The van der Waals surface area contributed by atoms with Gasteiger partial charge in [0.05, 0.1) is 23.8 Å². The van der Waals surface area contributed by atoms with Crippen LogP contribution >= 0.6 is 0 Å². The monoisotopic (exact) mass is 466 g/mol. The molecule has 1 amide bonds. The number of benzene rings is 2. The van der Waals surface area contributed by atoms with Gasteiger partial charge in [0, 0.05) is 38.4 Å². The van der Waals surface area contributed by atoms with E-state index in [1.807, 2.05) is 18.2 Å². The minimum absolute atomic E-state index is 0.119. The van der Waals surface area contributed by atoms with Crippen molar-refractivity contribution in [2.45, 2.75) is 11.4 Å². The van der Waals surface area contributed by atoms with Crippen LogP contribution in [0.3, 0.4) is 0 Å². The molecule has 8 nitrogen and oxygen atoms in total. The van der Waals surface area contributed by atoms with Crippen LogP contribution in [0.1, 0.15) is 15.9 Å². The fourth-order valence-electron chi connectivity index (χ4n) is 3.50. The summed E-state index contributed by atoms with van der Waals surface area (Å²) in [6.07, 6.45) is 1.75. The predicted octanol–water partition coefficient (Wildman–Crippen LogP) is 2.67. The lowest BCUT2D eigenvalue weighted by atomic mass is 10.2. The van der Waals surface area contributed by atoms with Crippen LogP contribution in [0.5, 0.6) is 0 Å². The Bertz CT molecular complexity index is 1180. The summed E-state index contributed by atoms with van der Waals surface area (Å²) in [5.74, 6) is 0.610. The molecule has 2 heterocycles. The molecule has 0 saturated carbocycles. The Balaban J connectivity index is 1.36. The van der Waals surface area contributed by atoms with Crippen LogP contribution in [-0.2, 0) is 21.3 Å². The zero-order valence-electron chi connectivity index (χ0n) is 18.3. The van der Waals surface area contributed by atoms with Gasteiger partial charge in [-0.05, 0) is 48.0 Å². The van der Waals surface area contributed by atoms with Crippen molar-refractivity contribution in [2.75, 3.05) is 42.6 Å². The Labute approximate surface area is 193 Å². The normalized spacial score (nSPS) is 14.0. The number of carbonyl (C=O) groups is 1. The average Bonchev–Trinajstić information content (AvgIpc) is 2.88. The highest BCUT2D eigenvalue weighted by atomic mass is 32.2. The molecular weight excluding hydrogens is 440 g/mol. The SMILES string of the molecule is CN(c1ccccc1)S(=O)(=O)c1ccc(C(=O)NCc2ccc(N3CCOCC3)nc2)cc1. The van der Waals surface area contributed by atoms with Gasteiger partial charge in [0.2, 0.25) is 0 Å². The van der Waals surface area contributed by atoms with E-state index in [0.29, 0.717) is 31.0 Å². The third-order valence-electron chi connectivity index (χ3n) is 5.49. The van der Waals surface area contributed by atoms with Gasteiger partial charge in [-0.1, -0.05) is 24.3 Å². The van der Waals surface area contributed by atoms with E-state index >= 15 is 0 Å². The number of amides is 1. The second-order valence-corrected chi connectivity index (χ2v) is 9.61. The molecule has 1 N–H and O–H groups in total. The van der Waals surface area contributed by atoms with Crippen LogP contribution < -0.4 is 14.5 Å². The Hall–Kier alpha value is -3.43. The molecule has 0 unspecified atom stereocenters. The fourth-order valence-corrected chi connectivity index (χ4v) is 4.69. The van der Waals surface area contributed by atoms with Crippen molar-refractivity contribution in [3.05, 3.63) is 84.1 Å². The Kier molecular flexibility index (Phi) is 6.90. The van der Waals surface area contributed by atoms with Gasteiger partial charge in [0.1, 0.15) is 5.82 Å². The summed E-state index contributed by atoms with van der Waals surface area (Å²) >= 11 is 0. The van der Waals surface area contributed by atoms with Crippen LogP contribution in [0.4, 0.5) is 11.5 Å². The van der Waals surface area contributed by atoms with Gasteiger partial charge in [-0.15, -0.1) is 0 Å². The number of ether oxygens (including phenoxy) is 1. The molecule has 1 aromatic heterocycles. The molecule has 172 valence electrons. The zero-order valence-corrected chi connectivity index (χ0v) is 19.2. The molecule has 0 spiro atoms. The highest BCUT2D eigenvalue weighted by Crippen LogP contribution is 2.22. The Morgan fingerprint density at radius 1 is 1.03 bits per heavy atom. The predicted molar refractivity (Wildman–Crippen MR) is 127 cm³/mol. The molecular formula is C24H26N4O4S. The smallest absolute Gasteiger partial charge is 0.264 e. The maximum absolute atomic E-state index is 12.9. The molecule has 0 atom stereocenters. The second kappa shape index (κ2) is 10.0. The molecule has 0 aliphatic carbocycles. The van der Waals surface area contributed by atoms with Gasteiger partial charge in [-0.3, -0.25) is 9.10 Å². The van der Waals surface area contributed by atoms with Gasteiger partial charge in [0.25, 0.3) is 15.9 Å². The summed E-state index contributed by atoms with van der Waals surface area (Å²) in [7, 11) is -2.22. The fraction of sp³-hybridized carbons (Fsp3) is 0.250. The van der Waals surface area contributed by atoms with E-state index in [1.54, 1.807) is 30.5 Å². The largest absolute Gasteiger partial charge is 0.378 e. The molecule has 33 heavy (non-hydrogen) atoms. The third kappa shape index (κ3) is 5.32. The maximum Gasteiger partial charge on any atom is 0.264 e. The molecule has 1 aliphatic rings. The molecule has 3 aromatic rings. The van der Waals surface area contributed by atoms with E-state index in [0.717, 1.165) is 24.5 Å². The summed E-state index contributed by atoms with van der Waals surface area (Å²) in [5, 5.41) is 2.85.